The predicted octanol–water partition coefficient (Wildman–Crippen LogP) is 1.49. The largest absolute Gasteiger partial charge is 0.507 e. The van der Waals surface area contributed by atoms with Gasteiger partial charge in [0.25, 0.3) is 11.5 Å². The first-order chi connectivity index (χ1) is 14.9. The third-order valence-electron chi connectivity index (χ3n) is 4.48. The van der Waals surface area contributed by atoms with Crippen molar-refractivity contribution in [1.29, 1.82) is 0 Å². The lowest BCUT2D eigenvalue weighted by Gasteiger charge is -2.13. The molecule has 0 radical (unpaired) electrons. The zero-order valence-electron chi connectivity index (χ0n) is 16.7. The van der Waals surface area contributed by atoms with Gasteiger partial charge in [-0.15, -0.1) is 0 Å². The summed E-state index contributed by atoms with van der Waals surface area (Å²) in [6, 6.07) is 12.1. The normalized spacial score (nSPS) is 11.2. The number of aromatic nitrogens is 2. The number of aromatic amines is 1. The van der Waals surface area contributed by atoms with Crippen LogP contribution in [0.4, 0.5) is 0 Å². The second kappa shape index (κ2) is 8.99. The van der Waals surface area contributed by atoms with Gasteiger partial charge in [-0.1, -0.05) is 19.1 Å². The Bertz CT molecular complexity index is 1260. The standard InChI is InChI=1S/C21H20N4O6/c1-3-15(23-24-18(27)14-6-4-5-7-16(14)26)17-19(28)22-21(30)25(20(17)29)12-8-10-13(31-2)11-9-12/h4-11,26,29H,3H2,1-2H3,(H,24,27)(H,22,28,30)/b23-15+. The summed E-state index contributed by atoms with van der Waals surface area (Å²) >= 11 is 0. The molecule has 0 saturated carbocycles. The number of benzene rings is 2. The average molecular weight is 424 g/mol. The number of aromatic hydroxyl groups is 2. The fourth-order valence-electron chi connectivity index (χ4n) is 2.91. The molecule has 0 saturated heterocycles. The molecule has 1 aromatic heterocycles. The number of nitrogens with zero attached hydrogens (tertiary/aromatic N) is 2. The van der Waals surface area contributed by atoms with Gasteiger partial charge < -0.3 is 14.9 Å². The van der Waals surface area contributed by atoms with E-state index in [1.165, 1.54) is 31.4 Å². The van der Waals surface area contributed by atoms with Crippen LogP contribution >= 0.6 is 0 Å². The Balaban J connectivity index is 2.04. The Kier molecular flexibility index (Phi) is 6.20. The third kappa shape index (κ3) is 4.32. The number of phenols is 1. The number of carbonyl (C=O) groups excluding carboxylic acids is 1. The highest BCUT2D eigenvalue weighted by atomic mass is 16.5. The van der Waals surface area contributed by atoms with Crippen LogP contribution in [0, 0.1) is 0 Å². The van der Waals surface area contributed by atoms with Gasteiger partial charge in [0.05, 0.1) is 24.1 Å². The van der Waals surface area contributed by atoms with Crippen LogP contribution in [0.25, 0.3) is 5.69 Å². The molecular formula is C21H20N4O6. The Labute approximate surface area is 176 Å². The summed E-state index contributed by atoms with van der Waals surface area (Å²) in [5, 5.41) is 24.5. The number of phenolic OH excluding ortho intramolecular Hbond substituents is 1. The van der Waals surface area contributed by atoms with Crippen molar-refractivity contribution in [3.8, 4) is 23.1 Å². The number of amides is 1. The van der Waals surface area contributed by atoms with Gasteiger partial charge in [0.1, 0.15) is 17.1 Å². The molecule has 0 bridgehead atoms. The Morgan fingerprint density at radius 2 is 1.81 bits per heavy atom. The number of hydrazone groups is 1. The molecule has 0 aliphatic rings. The van der Waals surface area contributed by atoms with Crippen molar-refractivity contribution in [2.24, 2.45) is 5.10 Å². The molecule has 0 aliphatic heterocycles. The number of methoxy groups -OCH3 is 1. The van der Waals surface area contributed by atoms with Gasteiger partial charge >= 0.3 is 5.69 Å². The fraction of sp³-hybridized carbons (Fsp3) is 0.143. The Morgan fingerprint density at radius 3 is 2.42 bits per heavy atom. The summed E-state index contributed by atoms with van der Waals surface area (Å²) in [7, 11) is 1.49. The van der Waals surface area contributed by atoms with Gasteiger partial charge in [-0.3, -0.25) is 14.6 Å². The molecule has 3 rings (SSSR count). The number of para-hydroxylation sites is 1. The first-order valence-corrected chi connectivity index (χ1v) is 9.25. The maximum atomic E-state index is 12.4. The molecule has 0 unspecified atom stereocenters. The van der Waals surface area contributed by atoms with E-state index in [0.29, 0.717) is 5.75 Å². The topological polar surface area (TPSA) is 146 Å². The smallest absolute Gasteiger partial charge is 0.335 e. The lowest BCUT2D eigenvalue weighted by molar-refractivity contribution is 0.0952. The maximum absolute atomic E-state index is 12.4. The van der Waals surface area contributed by atoms with Crippen molar-refractivity contribution in [2.45, 2.75) is 13.3 Å². The van der Waals surface area contributed by atoms with E-state index in [4.69, 9.17) is 4.74 Å². The number of hydrogen-bond donors (Lipinski definition) is 4. The summed E-state index contributed by atoms with van der Waals surface area (Å²) in [6.45, 7) is 1.66. The highest BCUT2D eigenvalue weighted by Crippen LogP contribution is 2.20. The van der Waals surface area contributed by atoms with Gasteiger partial charge in [0, 0.05) is 0 Å². The highest BCUT2D eigenvalue weighted by Gasteiger charge is 2.20. The molecule has 10 heteroatoms. The molecule has 10 nitrogen and oxygen atoms in total. The minimum absolute atomic E-state index is 0.0111. The van der Waals surface area contributed by atoms with Crippen LogP contribution in [0.3, 0.4) is 0 Å². The lowest BCUT2D eigenvalue weighted by Crippen LogP contribution is -2.34. The van der Waals surface area contributed by atoms with Gasteiger partial charge in [0.15, 0.2) is 0 Å². The molecule has 2 aromatic carbocycles. The zero-order chi connectivity index (χ0) is 22.5. The monoisotopic (exact) mass is 424 g/mol. The SMILES string of the molecule is CC/C(=N\NC(=O)c1ccccc1O)c1c(O)n(-c2ccc(OC)cc2)c(=O)[nH]c1=O. The van der Waals surface area contributed by atoms with E-state index in [9.17, 15) is 24.6 Å². The number of ether oxygens (including phenoxy) is 1. The molecule has 1 amide bonds. The number of carbonyl (C=O) groups is 1. The minimum Gasteiger partial charge on any atom is -0.507 e. The van der Waals surface area contributed by atoms with Crippen LogP contribution in [0.15, 0.2) is 63.2 Å². The highest BCUT2D eigenvalue weighted by molar-refractivity contribution is 6.03. The van der Waals surface area contributed by atoms with E-state index >= 15 is 0 Å². The van der Waals surface area contributed by atoms with Crippen molar-refractivity contribution in [1.82, 2.24) is 15.0 Å². The summed E-state index contributed by atoms with van der Waals surface area (Å²) < 4.78 is 5.99. The second-order valence-electron chi connectivity index (χ2n) is 6.36. The predicted molar refractivity (Wildman–Crippen MR) is 113 cm³/mol. The quantitative estimate of drug-likeness (QED) is 0.348. The van der Waals surface area contributed by atoms with Gasteiger partial charge in [-0.2, -0.15) is 5.10 Å². The summed E-state index contributed by atoms with van der Waals surface area (Å²) in [5.41, 5.74) is 0.594. The van der Waals surface area contributed by atoms with E-state index < -0.39 is 23.0 Å². The fourth-order valence-corrected chi connectivity index (χ4v) is 2.91. The van der Waals surface area contributed by atoms with E-state index in [1.54, 1.807) is 31.2 Å². The lowest BCUT2D eigenvalue weighted by atomic mass is 10.1. The number of H-pyrrole nitrogens is 1. The van der Waals surface area contributed by atoms with E-state index in [1.807, 2.05) is 0 Å². The Morgan fingerprint density at radius 1 is 1.13 bits per heavy atom. The molecule has 160 valence electrons. The first-order valence-electron chi connectivity index (χ1n) is 9.25. The van der Waals surface area contributed by atoms with Crippen molar-refractivity contribution in [3.05, 3.63) is 80.5 Å². The molecule has 0 fully saturated rings. The van der Waals surface area contributed by atoms with Crippen LogP contribution in [0.1, 0.15) is 29.3 Å². The summed E-state index contributed by atoms with van der Waals surface area (Å²) in [4.78, 5) is 39.2. The zero-order valence-corrected chi connectivity index (χ0v) is 16.7. The van der Waals surface area contributed by atoms with E-state index in [-0.39, 0.29) is 34.7 Å². The van der Waals surface area contributed by atoms with Gasteiger partial charge in [-0.05, 0) is 42.8 Å². The van der Waals surface area contributed by atoms with Crippen LogP contribution in [-0.4, -0.2) is 38.5 Å². The van der Waals surface area contributed by atoms with E-state index in [0.717, 1.165) is 4.57 Å². The first kappa shape index (κ1) is 21.4. The van der Waals surface area contributed by atoms with Crippen LogP contribution < -0.4 is 21.4 Å². The molecule has 3 aromatic rings. The Hall–Kier alpha value is -4.34. The maximum Gasteiger partial charge on any atom is 0.335 e. The van der Waals surface area contributed by atoms with Crippen molar-refractivity contribution >= 4 is 11.6 Å². The number of rotatable bonds is 6. The molecular weight excluding hydrogens is 404 g/mol. The molecule has 0 atom stereocenters. The van der Waals surface area contributed by atoms with Crippen LogP contribution in [0.2, 0.25) is 0 Å². The third-order valence-corrected chi connectivity index (χ3v) is 4.48. The van der Waals surface area contributed by atoms with E-state index in [2.05, 4.69) is 15.5 Å². The van der Waals surface area contributed by atoms with Crippen molar-refractivity contribution < 1.29 is 19.7 Å². The van der Waals surface area contributed by atoms with Crippen LogP contribution in [0.5, 0.6) is 17.4 Å². The number of nitrogens with one attached hydrogen (secondary N) is 2. The molecule has 0 aliphatic carbocycles. The molecule has 0 spiro atoms. The van der Waals surface area contributed by atoms with Gasteiger partial charge in [0.2, 0.25) is 5.88 Å². The van der Waals surface area contributed by atoms with Crippen molar-refractivity contribution in [3.63, 3.8) is 0 Å². The summed E-state index contributed by atoms with van der Waals surface area (Å²) in [6.07, 6.45) is 0.151. The molecule has 31 heavy (non-hydrogen) atoms. The minimum atomic E-state index is -0.857. The molecule has 4 N–H and O–H groups in total. The van der Waals surface area contributed by atoms with Gasteiger partial charge in [-0.25, -0.2) is 14.8 Å². The second-order valence-corrected chi connectivity index (χ2v) is 6.36. The van der Waals surface area contributed by atoms with Crippen LogP contribution in [-0.2, 0) is 0 Å². The summed E-state index contributed by atoms with van der Waals surface area (Å²) in [5.74, 6) is -1.02. The van der Waals surface area contributed by atoms with Crippen molar-refractivity contribution in [2.75, 3.05) is 7.11 Å². The molecule has 1 heterocycles. The average Bonchev–Trinajstić information content (AvgIpc) is 2.76. The number of hydrogen-bond acceptors (Lipinski definition) is 7.